The number of carbonyl (C=O) groups is 1. The van der Waals surface area contributed by atoms with Crippen molar-refractivity contribution in [2.24, 2.45) is 5.41 Å². The third-order valence-corrected chi connectivity index (χ3v) is 11.3. The molecule has 3 aliphatic rings. The van der Waals surface area contributed by atoms with Crippen LogP contribution in [0.5, 0.6) is 0 Å². The number of anilines is 1. The van der Waals surface area contributed by atoms with E-state index in [1.807, 2.05) is 18.7 Å². The van der Waals surface area contributed by atoms with Crippen molar-refractivity contribution in [3.63, 3.8) is 0 Å². The summed E-state index contributed by atoms with van der Waals surface area (Å²) in [7, 11) is 0. The zero-order valence-electron chi connectivity index (χ0n) is 30.0. The van der Waals surface area contributed by atoms with Crippen LogP contribution in [-0.4, -0.2) is 50.1 Å². The molecule has 1 unspecified atom stereocenters. The van der Waals surface area contributed by atoms with Gasteiger partial charge in [0.05, 0.1) is 22.9 Å². The minimum atomic E-state index is -4.61. The number of alkyl halides is 6. The molecule has 286 valence electrons. The van der Waals surface area contributed by atoms with Gasteiger partial charge >= 0.3 is 12.1 Å². The van der Waals surface area contributed by atoms with E-state index < -0.39 is 41.8 Å². The first-order valence-corrected chi connectivity index (χ1v) is 18.3. The molecule has 13 heteroatoms. The molecule has 2 aromatic heterocycles. The van der Waals surface area contributed by atoms with Gasteiger partial charge in [-0.1, -0.05) is 38.1 Å². The normalized spacial score (nSPS) is 21.1. The topological polar surface area (TPSA) is 99.4 Å². The van der Waals surface area contributed by atoms with Crippen LogP contribution in [0.15, 0.2) is 60.9 Å². The Labute approximate surface area is 309 Å². The Morgan fingerprint density at radius 1 is 0.907 bits per heavy atom. The summed E-state index contributed by atoms with van der Waals surface area (Å²) >= 11 is 0. The smallest absolute Gasteiger partial charge is 0.416 e. The number of benzene rings is 2. The predicted molar refractivity (Wildman–Crippen MR) is 190 cm³/mol. The summed E-state index contributed by atoms with van der Waals surface area (Å²) in [6, 6.07) is 10.4. The van der Waals surface area contributed by atoms with Crippen molar-refractivity contribution in [2.45, 2.75) is 101 Å². The number of aliphatic hydroxyl groups is 1. The SMILES string of the molecule is CC1(C)Cc2nc(C3CCN(c4ncc(-c5cccc(C(=O)O)c5)cn4)CC3)c(C(F)c3ccc(C(F)(F)F)cc3)c(C3CCC(F)(F)CC3)c2[C@@H](O)C1. The Hall–Kier alpha value is -4.52. The highest BCUT2D eigenvalue weighted by atomic mass is 19.4. The average Bonchev–Trinajstić information content (AvgIpc) is 3.13. The van der Waals surface area contributed by atoms with Crippen LogP contribution in [0.3, 0.4) is 0 Å². The van der Waals surface area contributed by atoms with Gasteiger partial charge in [-0.05, 0) is 90.8 Å². The number of aromatic nitrogens is 3. The van der Waals surface area contributed by atoms with E-state index in [9.17, 15) is 37.0 Å². The lowest BCUT2D eigenvalue weighted by Crippen LogP contribution is -2.36. The number of fused-ring (bicyclic) bond motifs is 1. The van der Waals surface area contributed by atoms with Crippen molar-refractivity contribution in [3.8, 4) is 11.1 Å². The van der Waals surface area contributed by atoms with Crippen molar-refractivity contribution >= 4 is 11.9 Å². The first-order valence-electron chi connectivity index (χ1n) is 18.3. The third kappa shape index (κ3) is 7.69. The molecule has 54 heavy (non-hydrogen) atoms. The summed E-state index contributed by atoms with van der Waals surface area (Å²) in [5.74, 6) is -4.20. The number of pyridine rings is 1. The fraction of sp³-hybridized carbons (Fsp3) is 0.463. The van der Waals surface area contributed by atoms with Crippen LogP contribution in [0.1, 0.15) is 132 Å². The van der Waals surface area contributed by atoms with Crippen LogP contribution in [0.25, 0.3) is 11.1 Å². The summed E-state index contributed by atoms with van der Waals surface area (Å²) in [5.41, 5.74) is 2.46. The molecule has 4 aromatic rings. The van der Waals surface area contributed by atoms with Crippen LogP contribution in [0.4, 0.5) is 32.3 Å². The van der Waals surface area contributed by atoms with E-state index in [0.29, 0.717) is 78.4 Å². The number of halogens is 6. The number of hydrogen-bond donors (Lipinski definition) is 2. The second-order valence-corrected chi connectivity index (χ2v) is 15.8. The average molecular weight is 753 g/mol. The second kappa shape index (κ2) is 14.3. The highest BCUT2D eigenvalue weighted by molar-refractivity contribution is 5.89. The molecule has 7 nitrogen and oxygen atoms in total. The number of carboxylic acids is 1. The summed E-state index contributed by atoms with van der Waals surface area (Å²) in [5, 5.41) is 21.0. The molecule has 1 saturated heterocycles. The molecular formula is C41H42F6N4O3. The maximum absolute atomic E-state index is 17.3. The largest absolute Gasteiger partial charge is 0.478 e. The van der Waals surface area contributed by atoms with E-state index in [1.54, 1.807) is 30.6 Å². The Kier molecular flexibility index (Phi) is 9.99. The first-order chi connectivity index (χ1) is 25.5. The number of aromatic carboxylic acids is 1. The van der Waals surface area contributed by atoms with Gasteiger partial charge in [-0.25, -0.2) is 27.9 Å². The van der Waals surface area contributed by atoms with Crippen molar-refractivity contribution in [1.29, 1.82) is 0 Å². The third-order valence-electron chi connectivity index (χ3n) is 11.3. The lowest BCUT2D eigenvalue weighted by atomic mass is 9.68. The van der Waals surface area contributed by atoms with Crippen LogP contribution in [-0.2, 0) is 12.6 Å². The molecule has 0 spiro atoms. The fourth-order valence-corrected chi connectivity index (χ4v) is 8.53. The number of hydrogen-bond acceptors (Lipinski definition) is 6. The molecule has 0 radical (unpaired) electrons. The summed E-state index contributed by atoms with van der Waals surface area (Å²) < 4.78 is 86.8. The van der Waals surface area contributed by atoms with E-state index in [2.05, 4.69) is 9.97 Å². The van der Waals surface area contributed by atoms with E-state index in [-0.39, 0.29) is 53.7 Å². The number of carboxylic acid groups (broad SMARTS) is 1. The lowest BCUT2D eigenvalue weighted by Gasteiger charge is -2.41. The van der Waals surface area contributed by atoms with Crippen LogP contribution < -0.4 is 4.90 Å². The van der Waals surface area contributed by atoms with Gasteiger partial charge in [-0.2, -0.15) is 13.2 Å². The highest BCUT2D eigenvalue weighted by Crippen LogP contribution is 2.52. The van der Waals surface area contributed by atoms with Crippen molar-refractivity contribution < 1.29 is 41.4 Å². The fourth-order valence-electron chi connectivity index (χ4n) is 8.53. The number of piperidine rings is 1. The van der Waals surface area contributed by atoms with Crippen LogP contribution in [0, 0.1) is 5.41 Å². The zero-order valence-corrected chi connectivity index (χ0v) is 30.0. The molecule has 0 bridgehead atoms. The van der Waals surface area contributed by atoms with Gasteiger partial charge in [0, 0.05) is 66.6 Å². The maximum Gasteiger partial charge on any atom is 0.416 e. The van der Waals surface area contributed by atoms with Gasteiger partial charge in [0.2, 0.25) is 11.9 Å². The standard InChI is InChI=1S/C41H42F6N4O3/c1-39(2)19-30-33(31(52)20-39)32(23-10-14-40(43,44)15-11-23)34(35(42)24-6-8-29(9-7-24)41(45,46)47)36(50-30)25-12-16-51(17-13-25)38-48-21-28(22-49-38)26-4-3-5-27(18-26)37(53)54/h3-9,18,21-23,25,31,35,52H,10-17,19-20H2,1-2H3,(H,53,54)/t31-,35?/m0/s1. The minimum absolute atomic E-state index is 0.00108. The van der Waals surface area contributed by atoms with Crippen LogP contribution >= 0.6 is 0 Å². The molecule has 7 rings (SSSR count). The minimum Gasteiger partial charge on any atom is -0.478 e. The Morgan fingerprint density at radius 2 is 1.56 bits per heavy atom. The predicted octanol–water partition coefficient (Wildman–Crippen LogP) is 10.00. The molecule has 2 N–H and O–H groups in total. The van der Waals surface area contributed by atoms with E-state index in [4.69, 9.17) is 4.98 Å². The highest BCUT2D eigenvalue weighted by Gasteiger charge is 2.44. The van der Waals surface area contributed by atoms with E-state index >= 15 is 4.39 Å². The maximum atomic E-state index is 17.3. The molecule has 0 amide bonds. The Bertz CT molecular complexity index is 2000. The molecule has 2 aromatic carbocycles. The lowest BCUT2D eigenvalue weighted by molar-refractivity contribution is -0.137. The zero-order chi connectivity index (χ0) is 38.6. The Balaban J connectivity index is 1.25. The van der Waals surface area contributed by atoms with Gasteiger partial charge in [-0.15, -0.1) is 0 Å². The number of nitrogens with zero attached hydrogens (tertiary/aromatic N) is 4. The van der Waals surface area contributed by atoms with E-state index in [1.165, 1.54) is 6.07 Å². The Morgan fingerprint density at radius 3 is 2.17 bits per heavy atom. The molecule has 1 saturated carbocycles. The van der Waals surface area contributed by atoms with Crippen LogP contribution in [0.2, 0.25) is 0 Å². The molecule has 2 atom stereocenters. The molecule has 2 fully saturated rings. The van der Waals surface area contributed by atoms with Gasteiger partial charge in [0.15, 0.2) is 6.17 Å². The van der Waals surface area contributed by atoms with Gasteiger partial charge in [0.25, 0.3) is 0 Å². The molecule has 1 aliphatic heterocycles. The van der Waals surface area contributed by atoms with Gasteiger partial charge in [0.1, 0.15) is 0 Å². The van der Waals surface area contributed by atoms with Crippen molar-refractivity contribution in [1.82, 2.24) is 15.0 Å². The number of aliphatic hydroxyl groups excluding tert-OH is 1. The molecule has 3 heterocycles. The van der Waals surface area contributed by atoms with Gasteiger partial charge < -0.3 is 15.1 Å². The summed E-state index contributed by atoms with van der Waals surface area (Å²) in [6.45, 7) is 4.99. The van der Waals surface area contributed by atoms with Crippen molar-refractivity contribution in [2.75, 3.05) is 18.0 Å². The summed E-state index contributed by atoms with van der Waals surface area (Å²) in [6.07, 6.45) is -2.98. The van der Waals surface area contributed by atoms with Crippen molar-refractivity contribution in [3.05, 3.63) is 106 Å². The number of rotatable bonds is 7. The first kappa shape index (κ1) is 37.8. The van der Waals surface area contributed by atoms with Gasteiger partial charge in [-0.3, -0.25) is 4.98 Å². The molecule has 2 aliphatic carbocycles. The summed E-state index contributed by atoms with van der Waals surface area (Å²) in [4.78, 5) is 27.7. The van der Waals surface area contributed by atoms with E-state index in [0.717, 1.165) is 24.3 Å². The molecular weight excluding hydrogens is 710 g/mol. The quantitative estimate of drug-likeness (QED) is 0.181. The second-order valence-electron chi connectivity index (χ2n) is 15.8. The monoisotopic (exact) mass is 752 g/mol.